The van der Waals surface area contributed by atoms with Gasteiger partial charge in [0, 0.05) is 43.3 Å². The van der Waals surface area contributed by atoms with E-state index >= 15 is 0 Å². The molecule has 0 spiro atoms. The monoisotopic (exact) mass is 394 g/mol. The van der Waals surface area contributed by atoms with Crippen LogP contribution in [0.15, 0.2) is 18.2 Å². The smallest absolute Gasteiger partial charge is 0.339 e. The second-order valence-electron chi connectivity index (χ2n) is 6.47. The Labute approximate surface area is 153 Å². The van der Waals surface area contributed by atoms with Crippen molar-refractivity contribution in [2.75, 3.05) is 26.2 Å². The molecule has 144 valence electrons. The van der Waals surface area contributed by atoms with Crippen LogP contribution < -0.4 is 10.9 Å². The van der Waals surface area contributed by atoms with Crippen LogP contribution in [0.5, 0.6) is 0 Å². The molecule has 0 bridgehead atoms. The van der Waals surface area contributed by atoms with Crippen molar-refractivity contribution < 1.29 is 22.4 Å². The number of nitrogens with one attached hydrogen (secondary N) is 2. The standard InChI is InChI=1S/C16H19ClF4N4O/c17-11-2-1-3-12(18)10(11)9-24-4-6-25(7-5-24)15(26)13-8-14(23-22-13)16(19,20)21/h1-3,13-14,22-23H,4-9H2. The Hall–Kier alpha value is -1.42. The first-order chi connectivity index (χ1) is 12.3. The molecule has 0 aliphatic carbocycles. The SMILES string of the molecule is O=C(C1CC(C(F)(F)F)NN1)N1CCN(Cc2c(F)cccc2Cl)CC1. The molecule has 2 fully saturated rings. The molecule has 2 unspecified atom stereocenters. The lowest BCUT2D eigenvalue weighted by molar-refractivity contribution is -0.153. The molecule has 3 rings (SSSR count). The van der Waals surface area contributed by atoms with Gasteiger partial charge in [-0.3, -0.25) is 9.69 Å². The van der Waals surface area contributed by atoms with Crippen LogP contribution >= 0.6 is 11.6 Å². The summed E-state index contributed by atoms with van der Waals surface area (Å²) in [5, 5.41) is 0.350. The number of carbonyl (C=O) groups is 1. The van der Waals surface area contributed by atoms with Crippen molar-refractivity contribution in [1.29, 1.82) is 0 Å². The zero-order valence-electron chi connectivity index (χ0n) is 13.8. The Morgan fingerprint density at radius 1 is 1.19 bits per heavy atom. The topological polar surface area (TPSA) is 47.6 Å². The van der Waals surface area contributed by atoms with Crippen LogP contribution in [0.1, 0.15) is 12.0 Å². The van der Waals surface area contributed by atoms with Gasteiger partial charge in [-0.05, 0) is 18.6 Å². The number of amides is 1. The molecule has 2 heterocycles. The van der Waals surface area contributed by atoms with Crippen molar-refractivity contribution >= 4 is 17.5 Å². The maximum atomic E-state index is 13.9. The average Bonchev–Trinajstić information content (AvgIpc) is 3.09. The number of rotatable bonds is 3. The molecule has 1 aromatic rings. The Kier molecular flexibility index (Phi) is 5.71. The van der Waals surface area contributed by atoms with Gasteiger partial charge in [-0.2, -0.15) is 13.2 Å². The minimum atomic E-state index is -4.39. The largest absolute Gasteiger partial charge is 0.405 e. The lowest BCUT2D eigenvalue weighted by Crippen LogP contribution is -2.53. The third kappa shape index (κ3) is 4.28. The summed E-state index contributed by atoms with van der Waals surface area (Å²) in [5.41, 5.74) is 4.97. The number of hydrazine groups is 1. The van der Waals surface area contributed by atoms with Gasteiger partial charge in [0.25, 0.3) is 0 Å². The summed E-state index contributed by atoms with van der Waals surface area (Å²) in [6.45, 7) is 2.07. The van der Waals surface area contributed by atoms with Gasteiger partial charge in [-0.25, -0.2) is 15.2 Å². The highest BCUT2D eigenvalue weighted by Crippen LogP contribution is 2.26. The first-order valence-corrected chi connectivity index (χ1v) is 8.65. The molecule has 1 amide bonds. The number of hydrogen-bond acceptors (Lipinski definition) is 4. The molecule has 2 saturated heterocycles. The van der Waals surface area contributed by atoms with E-state index in [-0.39, 0.29) is 18.1 Å². The Balaban J connectivity index is 1.52. The summed E-state index contributed by atoms with van der Waals surface area (Å²) in [7, 11) is 0. The zero-order valence-corrected chi connectivity index (χ0v) is 14.6. The fraction of sp³-hybridized carbons (Fsp3) is 0.562. The van der Waals surface area contributed by atoms with Gasteiger partial charge < -0.3 is 4.90 Å². The number of hydrogen-bond donors (Lipinski definition) is 2. The van der Waals surface area contributed by atoms with E-state index in [4.69, 9.17) is 11.6 Å². The molecular weight excluding hydrogens is 376 g/mol. The number of benzene rings is 1. The van der Waals surface area contributed by atoms with Crippen molar-refractivity contribution in [2.45, 2.75) is 31.2 Å². The molecule has 2 atom stereocenters. The second kappa shape index (κ2) is 7.67. The lowest BCUT2D eigenvalue weighted by Gasteiger charge is -2.36. The van der Waals surface area contributed by atoms with Gasteiger partial charge in [0.1, 0.15) is 17.9 Å². The van der Waals surface area contributed by atoms with Gasteiger partial charge in [0.15, 0.2) is 0 Å². The van der Waals surface area contributed by atoms with Gasteiger partial charge >= 0.3 is 6.18 Å². The van der Waals surface area contributed by atoms with Crippen LogP contribution in [-0.2, 0) is 11.3 Å². The van der Waals surface area contributed by atoms with Crippen molar-refractivity contribution in [3.8, 4) is 0 Å². The predicted octanol–water partition coefficient (Wildman–Crippen LogP) is 1.92. The number of piperazine rings is 1. The Bertz CT molecular complexity index is 644. The first kappa shape index (κ1) is 19.3. The molecule has 2 N–H and O–H groups in total. The minimum absolute atomic E-state index is 0.326. The molecule has 10 heteroatoms. The highest BCUT2D eigenvalue weighted by molar-refractivity contribution is 6.31. The quantitative estimate of drug-likeness (QED) is 0.769. The molecule has 5 nitrogen and oxygen atoms in total. The maximum Gasteiger partial charge on any atom is 0.405 e. The summed E-state index contributed by atoms with van der Waals surface area (Å²) in [5.74, 6) is -0.733. The summed E-state index contributed by atoms with van der Waals surface area (Å²) in [4.78, 5) is 15.9. The molecule has 2 aliphatic heterocycles. The highest BCUT2D eigenvalue weighted by atomic mass is 35.5. The van der Waals surface area contributed by atoms with E-state index in [1.54, 1.807) is 6.07 Å². The van der Waals surface area contributed by atoms with Crippen LogP contribution in [0.25, 0.3) is 0 Å². The highest BCUT2D eigenvalue weighted by Gasteiger charge is 2.46. The van der Waals surface area contributed by atoms with E-state index in [0.29, 0.717) is 43.3 Å². The third-order valence-corrected chi connectivity index (χ3v) is 5.08. The van der Waals surface area contributed by atoms with Gasteiger partial charge in [-0.1, -0.05) is 17.7 Å². The number of halogens is 5. The lowest BCUT2D eigenvalue weighted by atomic mass is 10.1. The molecule has 0 saturated carbocycles. The van der Waals surface area contributed by atoms with Crippen LogP contribution in [0.2, 0.25) is 5.02 Å². The zero-order chi connectivity index (χ0) is 18.9. The predicted molar refractivity (Wildman–Crippen MR) is 87.8 cm³/mol. The summed E-state index contributed by atoms with van der Waals surface area (Å²) < 4.78 is 51.9. The number of carbonyl (C=O) groups excluding carboxylic acids is 1. The van der Waals surface area contributed by atoms with Crippen LogP contribution in [0, 0.1) is 5.82 Å². The summed E-state index contributed by atoms with van der Waals surface area (Å²) in [6, 6.07) is 1.89. The molecule has 2 aliphatic rings. The van der Waals surface area contributed by atoms with E-state index in [1.165, 1.54) is 17.0 Å². The Morgan fingerprint density at radius 3 is 2.46 bits per heavy atom. The van der Waals surface area contributed by atoms with E-state index in [1.807, 2.05) is 4.90 Å². The fourth-order valence-electron chi connectivity index (χ4n) is 3.19. The van der Waals surface area contributed by atoms with Gasteiger partial charge in [0.2, 0.25) is 5.91 Å². The maximum absolute atomic E-state index is 13.9. The Morgan fingerprint density at radius 2 is 1.88 bits per heavy atom. The van der Waals surface area contributed by atoms with Crippen molar-refractivity contribution in [3.63, 3.8) is 0 Å². The first-order valence-electron chi connectivity index (χ1n) is 8.27. The van der Waals surface area contributed by atoms with Crippen molar-refractivity contribution in [3.05, 3.63) is 34.6 Å². The minimum Gasteiger partial charge on any atom is -0.339 e. The summed E-state index contributed by atoms with van der Waals surface area (Å²) in [6.07, 6.45) is -4.72. The molecule has 0 radical (unpaired) electrons. The molecular formula is C16H19ClF4N4O. The van der Waals surface area contributed by atoms with E-state index in [0.717, 1.165) is 0 Å². The van der Waals surface area contributed by atoms with E-state index < -0.39 is 18.3 Å². The third-order valence-electron chi connectivity index (χ3n) is 4.72. The second-order valence-corrected chi connectivity index (χ2v) is 6.88. The van der Waals surface area contributed by atoms with Crippen molar-refractivity contribution in [1.82, 2.24) is 20.7 Å². The molecule has 0 aromatic heterocycles. The van der Waals surface area contributed by atoms with Gasteiger partial charge in [-0.15, -0.1) is 0 Å². The van der Waals surface area contributed by atoms with E-state index in [2.05, 4.69) is 10.9 Å². The normalized spacial score (nSPS) is 24.9. The molecule has 26 heavy (non-hydrogen) atoms. The van der Waals surface area contributed by atoms with Crippen molar-refractivity contribution in [2.24, 2.45) is 0 Å². The number of alkyl halides is 3. The van der Waals surface area contributed by atoms with Crippen LogP contribution in [0.3, 0.4) is 0 Å². The van der Waals surface area contributed by atoms with E-state index in [9.17, 15) is 22.4 Å². The summed E-state index contributed by atoms with van der Waals surface area (Å²) >= 11 is 6.03. The average molecular weight is 395 g/mol. The number of nitrogens with zero attached hydrogens (tertiary/aromatic N) is 2. The van der Waals surface area contributed by atoms with Crippen LogP contribution in [0.4, 0.5) is 17.6 Å². The van der Waals surface area contributed by atoms with Crippen LogP contribution in [-0.4, -0.2) is 60.1 Å². The van der Waals surface area contributed by atoms with Gasteiger partial charge in [0.05, 0.1) is 0 Å². The fourth-order valence-corrected chi connectivity index (χ4v) is 3.41. The molecule has 1 aromatic carbocycles.